The molecule has 1 aliphatic carbocycles. The van der Waals surface area contributed by atoms with E-state index in [0.29, 0.717) is 22.9 Å². The molecule has 0 saturated heterocycles. The van der Waals surface area contributed by atoms with E-state index in [-0.39, 0.29) is 24.2 Å². The predicted octanol–water partition coefficient (Wildman–Crippen LogP) is 5.55. The molecule has 0 spiro atoms. The molecule has 7 nitrogen and oxygen atoms in total. The highest BCUT2D eigenvalue weighted by Gasteiger charge is 2.17. The SMILES string of the molecule is CCOC(=O)Oc1ccc(C(=O)Nc2ccccc2NC(=O)/C=C(\C)C2CCCC2)cc1. The summed E-state index contributed by atoms with van der Waals surface area (Å²) in [6.45, 7) is 3.89. The van der Waals surface area contributed by atoms with E-state index < -0.39 is 6.16 Å². The van der Waals surface area contributed by atoms with E-state index in [9.17, 15) is 14.4 Å². The minimum absolute atomic E-state index is 0.212. The third kappa shape index (κ3) is 6.44. The Morgan fingerprint density at radius 2 is 1.59 bits per heavy atom. The van der Waals surface area contributed by atoms with Gasteiger partial charge < -0.3 is 20.1 Å². The Bertz CT molecular complexity index is 992. The maximum atomic E-state index is 12.7. The second kappa shape index (κ2) is 11.1. The third-order valence-electron chi connectivity index (χ3n) is 5.37. The van der Waals surface area contributed by atoms with E-state index >= 15 is 0 Å². The van der Waals surface area contributed by atoms with Crippen LogP contribution in [0.4, 0.5) is 16.2 Å². The molecule has 0 bridgehead atoms. The first kappa shape index (κ1) is 23.1. The normalized spacial score (nSPS) is 14.0. The Balaban J connectivity index is 1.64. The maximum absolute atomic E-state index is 12.7. The quantitative estimate of drug-likeness (QED) is 0.337. The van der Waals surface area contributed by atoms with Crippen LogP contribution in [0.2, 0.25) is 0 Å². The molecule has 0 radical (unpaired) electrons. The first-order valence-corrected chi connectivity index (χ1v) is 10.8. The molecule has 32 heavy (non-hydrogen) atoms. The monoisotopic (exact) mass is 436 g/mol. The smallest absolute Gasteiger partial charge is 0.434 e. The van der Waals surface area contributed by atoms with Crippen molar-refractivity contribution in [3.63, 3.8) is 0 Å². The zero-order chi connectivity index (χ0) is 22.9. The number of benzene rings is 2. The molecule has 168 valence electrons. The highest BCUT2D eigenvalue weighted by molar-refractivity contribution is 6.08. The van der Waals surface area contributed by atoms with E-state index in [0.717, 1.165) is 18.4 Å². The Morgan fingerprint density at radius 1 is 0.969 bits per heavy atom. The molecule has 2 aromatic carbocycles. The van der Waals surface area contributed by atoms with Gasteiger partial charge in [0.2, 0.25) is 5.91 Å². The summed E-state index contributed by atoms with van der Waals surface area (Å²) < 4.78 is 9.71. The molecule has 1 saturated carbocycles. The molecule has 7 heteroatoms. The minimum atomic E-state index is -0.799. The van der Waals surface area contributed by atoms with Crippen molar-refractivity contribution in [2.45, 2.75) is 39.5 Å². The fourth-order valence-electron chi connectivity index (χ4n) is 3.69. The van der Waals surface area contributed by atoms with Crippen molar-refractivity contribution in [3.05, 3.63) is 65.7 Å². The van der Waals surface area contributed by atoms with E-state index in [2.05, 4.69) is 10.6 Å². The summed E-state index contributed by atoms with van der Waals surface area (Å²) in [5.41, 5.74) is 2.47. The van der Waals surface area contributed by atoms with Crippen LogP contribution in [0, 0.1) is 5.92 Å². The van der Waals surface area contributed by atoms with Crippen molar-refractivity contribution in [1.82, 2.24) is 0 Å². The zero-order valence-electron chi connectivity index (χ0n) is 18.4. The van der Waals surface area contributed by atoms with Crippen LogP contribution in [-0.4, -0.2) is 24.6 Å². The van der Waals surface area contributed by atoms with Gasteiger partial charge in [-0.15, -0.1) is 0 Å². The van der Waals surface area contributed by atoms with Crippen LogP contribution in [0.5, 0.6) is 5.75 Å². The van der Waals surface area contributed by atoms with Gasteiger partial charge in [0.1, 0.15) is 5.75 Å². The molecule has 2 N–H and O–H groups in total. The molecule has 0 heterocycles. The standard InChI is InChI=1S/C25H28N2O5/c1-3-31-25(30)32-20-14-12-19(13-15-20)24(29)27-22-11-7-6-10-21(22)26-23(28)16-17(2)18-8-4-5-9-18/h6-7,10-16,18H,3-5,8-9H2,1-2H3,(H,26,28)(H,27,29)/b17-16+. The molecule has 3 rings (SSSR count). The van der Waals surface area contributed by atoms with Gasteiger partial charge in [-0.3, -0.25) is 9.59 Å². The number of carbonyl (C=O) groups is 3. The zero-order valence-corrected chi connectivity index (χ0v) is 18.4. The molecular weight excluding hydrogens is 408 g/mol. The van der Waals surface area contributed by atoms with E-state index in [1.165, 1.54) is 25.0 Å². The number of allylic oxidation sites excluding steroid dienone is 1. The van der Waals surface area contributed by atoms with Gasteiger partial charge in [-0.1, -0.05) is 30.5 Å². The second-order valence-corrected chi connectivity index (χ2v) is 7.67. The van der Waals surface area contributed by atoms with Crippen LogP contribution in [-0.2, 0) is 9.53 Å². The van der Waals surface area contributed by atoms with Gasteiger partial charge in [0.25, 0.3) is 5.91 Å². The summed E-state index contributed by atoms with van der Waals surface area (Å²) in [4.78, 5) is 36.6. The summed E-state index contributed by atoms with van der Waals surface area (Å²) in [5, 5.41) is 5.68. The predicted molar refractivity (Wildman–Crippen MR) is 123 cm³/mol. The Hall–Kier alpha value is -3.61. The van der Waals surface area contributed by atoms with Crippen molar-refractivity contribution in [2.75, 3.05) is 17.2 Å². The number of carbonyl (C=O) groups excluding carboxylic acids is 3. The van der Waals surface area contributed by atoms with Crippen molar-refractivity contribution in [2.24, 2.45) is 5.92 Å². The summed E-state index contributed by atoms with van der Waals surface area (Å²) in [5.74, 6) is 0.187. The van der Waals surface area contributed by atoms with Crippen LogP contribution in [0.25, 0.3) is 0 Å². The topological polar surface area (TPSA) is 93.7 Å². The summed E-state index contributed by atoms with van der Waals surface area (Å²) in [6.07, 6.45) is 5.53. The average Bonchev–Trinajstić information content (AvgIpc) is 3.31. The first-order chi connectivity index (χ1) is 15.5. The molecule has 1 aliphatic rings. The molecule has 2 aromatic rings. The van der Waals surface area contributed by atoms with Gasteiger partial charge in [0.05, 0.1) is 18.0 Å². The van der Waals surface area contributed by atoms with Crippen LogP contribution < -0.4 is 15.4 Å². The van der Waals surface area contributed by atoms with Crippen molar-refractivity contribution >= 4 is 29.3 Å². The number of amides is 2. The van der Waals surface area contributed by atoms with E-state index in [1.54, 1.807) is 49.4 Å². The highest BCUT2D eigenvalue weighted by atomic mass is 16.7. The van der Waals surface area contributed by atoms with Crippen LogP contribution in [0.3, 0.4) is 0 Å². The highest BCUT2D eigenvalue weighted by Crippen LogP contribution is 2.31. The van der Waals surface area contributed by atoms with E-state index in [1.807, 2.05) is 6.92 Å². The molecule has 1 fully saturated rings. The first-order valence-electron chi connectivity index (χ1n) is 10.8. The number of para-hydroxylation sites is 2. The maximum Gasteiger partial charge on any atom is 0.513 e. The molecule has 0 atom stereocenters. The fourth-order valence-corrected chi connectivity index (χ4v) is 3.69. The molecule has 0 aromatic heterocycles. The average molecular weight is 437 g/mol. The number of ether oxygens (including phenoxy) is 2. The van der Waals surface area contributed by atoms with E-state index in [4.69, 9.17) is 9.47 Å². The van der Waals surface area contributed by atoms with Crippen molar-refractivity contribution < 1.29 is 23.9 Å². The molecular formula is C25H28N2O5. The lowest BCUT2D eigenvalue weighted by molar-refractivity contribution is -0.112. The van der Waals surface area contributed by atoms with Crippen LogP contribution in [0.15, 0.2) is 60.2 Å². The van der Waals surface area contributed by atoms with Gasteiger partial charge >= 0.3 is 6.16 Å². The number of anilines is 2. The number of hydrogen-bond acceptors (Lipinski definition) is 5. The minimum Gasteiger partial charge on any atom is -0.434 e. The fraction of sp³-hybridized carbons (Fsp3) is 0.320. The summed E-state index contributed by atoms with van der Waals surface area (Å²) in [6, 6.07) is 13.1. The Morgan fingerprint density at radius 3 is 2.22 bits per heavy atom. The lowest BCUT2D eigenvalue weighted by Gasteiger charge is -2.13. The largest absolute Gasteiger partial charge is 0.513 e. The molecule has 0 unspecified atom stereocenters. The van der Waals surface area contributed by atoms with Gasteiger partial charge in [-0.05, 0) is 69.0 Å². The molecule has 0 aliphatic heterocycles. The number of rotatable bonds is 7. The number of hydrogen-bond donors (Lipinski definition) is 2. The molecule has 2 amide bonds. The number of nitrogens with one attached hydrogen (secondary N) is 2. The second-order valence-electron chi connectivity index (χ2n) is 7.67. The summed E-state index contributed by atoms with van der Waals surface area (Å²) in [7, 11) is 0. The summed E-state index contributed by atoms with van der Waals surface area (Å²) >= 11 is 0. The van der Waals surface area contributed by atoms with Crippen LogP contribution >= 0.6 is 0 Å². The lowest BCUT2D eigenvalue weighted by Crippen LogP contribution is -2.16. The van der Waals surface area contributed by atoms with Crippen molar-refractivity contribution in [3.8, 4) is 5.75 Å². The van der Waals surface area contributed by atoms with Crippen LogP contribution in [0.1, 0.15) is 49.9 Å². The van der Waals surface area contributed by atoms with Gasteiger partial charge in [0, 0.05) is 11.6 Å². The Kier molecular flexibility index (Phi) is 8.02. The third-order valence-corrected chi connectivity index (χ3v) is 5.37. The Labute approximate surface area is 187 Å². The van der Waals surface area contributed by atoms with Gasteiger partial charge in [0.15, 0.2) is 0 Å². The lowest BCUT2D eigenvalue weighted by atomic mass is 9.99. The van der Waals surface area contributed by atoms with Gasteiger partial charge in [-0.2, -0.15) is 0 Å². The van der Waals surface area contributed by atoms with Crippen molar-refractivity contribution in [1.29, 1.82) is 0 Å². The van der Waals surface area contributed by atoms with Gasteiger partial charge in [-0.25, -0.2) is 4.79 Å².